The number of rotatable bonds is 6. The van der Waals surface area contributed by atoms with Crippen LogP contribution in [0.5, 0.6) is 11.5 Å². The summed E-state index contributed by atoms with van der Waals surface area (Å²) in [6.07, 6.45) is 1.85. The number of ether oxygens (including phenoxy) is 2. The number of carbonyl (C=O) groups excluding carboxylic acids is 1. The molecule has 0 aromatic heterocycles. The first-order valence-corrected chi connectivity index (χ1v) is 8.24. The van der Waals surface area contributed by atoms with Crippen LogP contribution in [0, 0.1) is 0 Å². The third-order valence-corrected chi connectivity index (χ3v) is 3.98. The Morgan fingerprint density at radius 2 is 1.24 bits per heavy atom. The molecular weight excluding hydrogens is 312 g/mol. The van der Waals surface area contributed by atoms with E-state index in [0.717, 1.165) is 24.3 Å². The zero-order valence-corrected chi connectivity index (χ0v) is 14.1. The van der Waals surface area contributed by atoms with Crippen LogP contribution in [0.15, 0.2) is 78.9 Å². The number of esters is 1. The summed E-state index contributed by atoms with van der Waals surface area (Å²) >= 11 is 0. The Labute approximate surface area is 147 Å². The number of benzene rings is 3. The Morgan fingerprint density at radius 3 is 1.80 bits per heavy atom. The van der Waals surface area contributed by atoms with Crippen LogP contribution in [-0.2, 0) is 17.6 Å². The van der Waals surface area contributed by atoms with Crippen LogP contribution < -0.4 is 4.74 Å². The molecule has 126 valence electrons. The molecule has 0 aliphatic carbocycles. The van der Waals surface area contributed by atoms with Crippen LogP contribution in [0.2, 0.25) is 0 Å². The lowest BCUT2D eigenvalue weighted by Gasteiger charge is -2.07. The van der Waals surface area contributed by atoms with Crippen LogP contribution >= 0.6 is 0 Å². The van der Waals surface area contributed by atoms with Crippen molar-refractivity contribution in [3.8, 4) is 11.5 Å². The monoisotopic (exact) mass is 332 g/mol. The van der Waals surface area contributed by atoms with Gasteiger partial charge in [0.1, 0.15) is 11.5 Å². The predicted octanol–water partition coefficient (Wildman–Crippen LogP) is 5.05. The molecule has 0 amide bonds. The summed E-state index contributed by atoms with van der Waals surface area (Å²) in [5, 5.41) is 0. The SMILES string of the molecule is COC(=O)c1ccc(CCc2ccc(Oc3ccccc3)cc2)cc1. The van der Waals surface area contributed by atoms with Crippen LogP contribution in [0.25, 0.3) is 0 Å². The lowest BCUT2D eigenvalue weighted by molar-refractivity contribution is 0.0600. The third-order valence-electron chi connectivity index (χ3n) is 3.98. The first kappa shape index (κ1) is 16.8. The summed E-state index contributed by atoms with van der Waals surface area (Å²) in [5.41, 5.74) is 3.02. The highest BCUT2D eigenvalue weighted by atomic mass is 16.5. The molecule has 0 saturated carbocycles. The van der Waals surface area contributed by atoms with E-state index in [0.29, 0.717) is 5.56 Å². The van der Waals surface area contributed by atoms with Crippen LogP contribution in [0.4, 0.5) is 0 Å². The van der Waals surface area contributed by atoms with Gasteiger partial charge < -0.3 is 9.47 Å². The van der Waals surface area contributed by atoms with Crippen molar-refractivity contribution in [3.63, 3.8) is 0 Å². The van der Waals surface area contributed by atoms with Gasteiger partial charge in [0.15, 0.2) is 0 Å². The number of carbonyl (C=O) groups is 1. The van der Waals surface area contributed by atoms with Crippen LogP contribution in [0.3, 0.4) is 0 Å². The van der Waals surface area contributed by atoms with Gasteiger partial charge in [0.2, 0.25) is 0 Å². The average Bonchev–Trinajstić information content (AvgIpc) is 2.68. The van der Waals surface area contributed by atoms with Gasteiger partial charge in [0.25, 0.3) is 0 Å². The summed E-state index contributed by atoms with van der Waals surface area (Å²) in [6.45, 7) is 0. The maximum atomic E-state index is 11.4. The fraction of sp³-hybridized carbons (Fsp3) is 0.136. The summed E-state index contributed by atoms with van der Waals surface area (Å²) in [7, 11) is 1.39. The molecule has 0 aliphatic heterocycles. The van der Waals surface area contributed by atoms with Gasteiger partial charge in [-0.2, -0.15) is 0 Å². The molecule has 0 heterocycles. The molecule has 3 aromatic rings. The maximum absolute atomic E-state index is 11.4. The zero-order chi connectivity index (χ0) is 17.5. The summed E-state index contributed by atoms with van der Waals surface area (Å²) in [6, 6.07) is 25.4. The van der Waals surface area contributed by atoms with Gasteiger partial charge in [-0.3, -0.25) is 0 Å². The van der Waals surface area contributed by atoms with E-state index in [4.69, 9.17) is 9.47 Å². The van der Waals surface area contributed by atoms with Crippen LogP contribution in [-0.4, -0.2) is 13.1 Å². The first-order chi connectivity index (χ1) is 12.2. The van der Waals surface area contributed by atoms with Crippen molar-refractivity contribution in [2.24, 2.45) is 0 Å². The molecule has 0 aliphatic rings. The zero-order valence-electron chi connectivity index (χ0n) is 14.1. The Balaban J connectivity index is 1.56. The van der Waals surface area contributed by atoms with E-state index in [9.17, 15) is 4.79 Å². The molecule has 3 heteroatoms. The minimum atomic E-state index is -0.305. The number of hydrogen-bond acceptors (Lipinski definition) is 3. The quantitative estimate of drug-likeness (QED) is 0.593. The highest BCUT2D eigenvalue weighted by molar-refractivity contribution is 5.89. The van der Waals surface area contributed by atoms with Crippen molar-refractivity contribution in [3.05, 3.63) is 95.6 Å². The van der Waals surface area contributed by atoms with Gasteiger partial charge in [-0.1, -0.05) is 42.5 Å². The van der Waals surface area contributed by atoms with Crippen LogP contribution in [0.1, 0.15) is 21.5 Å². The van der Waals surface area contributed by atoms with Crippen molar-refractivity contribution < 1.29 is 14.3 Å². The van der Waals surface area contributed by atoms with Gasteiger partial charge in [-0.05, 0) is 60.4 Å². The molecule has 25 heavy (non-hydrogen) atoms. The second kappa shape index (κ2) is 8.15. The maximum Gasteiger partial charge on any atom is 0.337 e. The van der Waals surface area contributed by atoms with E-state index in [1.165, 1.54) is 18.2 Å². The molecule has 0 atom stereocenters. The molecule has 0 bridgehead atoms. The fourth-order valence-electron chi connectivity index (χ4n) is 2.56. The van der Waals surface area contributed by atoms with Gasteiger partial charge >= 0.3 is 5.97 Å². The second-order valence-electron chi connectivity index (χ2n) is 5.75. The smallest absolute Gasteiger partial charge is 0.337 e. The Morgan fingerprint density at radius 1 is 0.720 bits per heavy atom. The van der Waals surface area contributed by atoms with Gasteiger partial charge in [-0.15, -0.1) is 0 Å². The van der Waals surface area contributed by atoms with E-state index in [1.807, 2.05) is 54.6 Å². The van der Waals surface area contributed by atoms with Crippen molar-refractivity contribution in [1.29, 1.82) is 0 Å². The summed E-state index contributed by atoms with van der Waals surface area (Å²) < 4.78 is 10.5. The summed E-state index contributed by atoms with van der Waals surface area (Å²) in [5.74, 6) is 1.36. The Bertz CT molecular complexity index is 806. The molecule has 0 fully saturated rings. The van der Waals surface area contributed by atoms with E-state index < -0.39 is 0 Å². The molecular formula is C22H20O3. The lowest BCUT2D eigenvalue weighted by atomic mass is 10.0. The molecule has 0 radical (unpaired) electrons. The molecule has 0 N–H and O–H groups in total. The average molecular weight is 332 g/mol. The van der Waals surface area contributed by atoms with Gasteiger partial charge in [-0.25, -0.2) is 4.79 Å². The molecule has 0 spiro atoms. The number of hydrogen-bond donors (Lipinski definition) is 0. The third kappa shape index (κ3) is 4.70. The molecule has 3 rings (SSSR count). The standard InChI is InChI=1S/C22H20O3/c1-24-22(23)19-13-9-17(10-14-19)7-8-18-11-15-21(16-12-18)25-20-5-3-2-4-6-20/h2-6,9-16H,7-8H2,1H3. The number of para-hydroxylation sites is 1. The van der Waals surface area contributed by atoms with Gasteiger partial charge in [0.05, 0.1) is 12.7 Å². The van der Waals surface area contributed by atoms with E-state index >= 15 is 0 Å². The second-order valence-corrected chi connectivity index (χ2v) is 5.75. The highest BCUT2D eigenvalue weighted by Gasteiger charge is 2.04. The van der Waals surface area contributed by atoms with Crippen molar-refractivity contribution in [1.82, 2.24) is 0 Å². The normalized spacial score (nSPS) is 10.3. The minimum Gasteiger partial charge on any atom is -0.465 e. The number of methoxy groups -OCH3 is 1. The highest BCUT2D eigenvalue weighted by Crippen LogP contribution is 2.21. The van der Waals surface area contributed by atoms with Gasteiger partial charge in [0, 0.05) is 0 Å². The molecule has 0 unspecified atom stereocenters. The predicted molar refractivity (Wildman–Crippen MR) is 98.1 cm³/mol. The van der Waals surface area contributed by atoms with Crippen molar-refractivity contribution in [2.75, 3.05) is 7.11 Å². The largest absolute Gasteiger partial charge is 0.465 e. The number of aryl methyl sites for hydroxylation is 2. The van der Waals surface area contributed by atoms with E-state index in [2.05, 4.69) is 12.1 Å². The van der Waals surface area contributed by atoms with E-state index in [1.54, 1.807) is 12.1 Å². The minimum absolute atomic E-state index is 0.305. The van der Waals surface area contributed by atoms with Crippen molar-refractivity contribution >= 4 is 5.97 Å². The molecule has 0 saturated heterocycles. The van der Waals surface area contributed by atoms with E-state index in [-0.39, 0.29) is 5.97 Å². The lowest BCUT2D eigenvalue weighted by Crippen LogP contribution is -2.01. The van der Waals surface area contributed by atoms with Crippen molar-refractivity contribution in [2.45, 2.75) is 12.8 Å². The topological polar surface area (TPSA) is 35.5 Å². The Kier molecular flexibility index (Phi) is 5.47. The Hall–Kier alpha value is -3.07. The first-order valence-electron chi connectivity index (χ1n) is 8.24. The summed E-state index contributed by atoms with van der Waals surface area (Å²) in [4.78, 5) is 11.4. The fourth-order valence-corrected chi connectivity index (χ4v) is 2.56. The molecule has 3 aromatic carbocycles. The molecule has 3 nitrogen and oxygen atoms in total.